The first-order valence-electron chi connectivity index (χ1n) is 7.07. The van der Waals surface area contributed by atoms with E-state index < -0.39 is 0 Å². The Hall–Kier alpha value is -0.860. The molecule has 0 amide bonds. The molecule has 2 rings (SSSR count). The van der Waals surface area contributed by atoms with E-state index in [0.717, 1.165) is 0 Å². The number of hydrogen-bond acceptors (Lipinski definition) is 2. The van der Waals surface area contributed by atoms with Crippen molar-refractivity contribution in [1.29, 1.82) is 0 Å². The number of benzene rings is 1. The fourth-order valence-electron chi connectivity index (χ4n) is 3.01. The highest BCUT2D eigenvalue weighted by molar-refractivity contribution is 5.30. The lowest BCUT2D eigenvalue weighted by atomic mass is 10.00. The molecule has 1 fully saturated rings. The normalized spacial score (nSPS) is 23.0. The molecule has 0 radical (unpaired) electrons. The second-order valence-corrected chi connectivity index (χ2v) is 5.91. The predicted molar refractivity (Wildman–Crippen MR) is 78.0 cm³/mol. The number of likely N-dealkylation sites (N-methyl/N-ethyl adjacent to an activating group) is 1. The molecule has 1 N–H and O–H groups in total. The van der Waals surface area contributed by atoms with Crippen LogP contribution in [0.4, 0.5) is 0 Å². The summed E-state index contributed by atoms with van der Waals surface area (Å²) in [5.41, 5.74) is 4.14. The average molecular weight is 246 g/mol. The van der Waals surface area contributed by atoms with Gasteiger partial charge in [-0.3, -0.25) is 0 Å². The Labute approximate surface area is 111 Å². The molecule has 0 saturated carbocycles. The lowest BCUT2D eigenvalue weighted by Gasteiger charge is -2.32. The van der Waals surface area contributed by atoms with Crippen LogP contribution in [0.25, 0.3) is 0 Å². The number of piperidine rings is 1. The van der Waals surface area contributed by atoms with Crippen molar-refractivity contribution in [2.24, 2.45) is 0 Å². The average Bonchev–Trinajstić information content (AvgIpc) is 2.27. The van der Waals surface area contributed by atoms with Gasteiger partial charge in [0.15, 0.2) is 0 Å². The molecule has 0 spiro atoms. The maximum Gasteiger partial charge on any atom is 0.0295 e. The van der Waals surface area contributed by atoms with E-state index in [9.17, 15) is 0 Å². The van der Waals surface area contributed by atoms with Crippen molar-refractivity contribution in [3.8, 4) is 0 Å². The van der Waals surface area contributed by atoms with Crippen LogP contribution in [0.2, 0.25) is 0 Å². The van der Waals surface area contributed by atoms with Gasteiger partial charge in [-0.2, -0.15) is 0 Å². The molecule has 1 aromatic rings. The minimum atomic E-state index is 0.445. The molecule has 2 atom stereocenters. The second kappa shape index (κ2) is 5.85. The molecule has 100 valence electrons. The summed E-state index contributed by atoms with van der Waals surface area (Å²) >= 11 is 0. The van der Waals surface area contributed by atoms with Gasteiger partial charge in [-0.25, -0.2) is 0 Å². The molecule has 1 aromatic carbocycles. The van der Waals surface area contributed by atoms with Crippen molar-refractivity contribution in [2.75, 3.05) is 20.1 Å². The minimum Gasteiger partial charge on any atom is -0.306 e. The van der Waals surface area contributed by atoms with Crippen LogP contribution in [0.1, 0.15) is 42.5 Å². The minimum absolute atomic E-state index is 0.445. The molecule has 1 aliphatic rings. The Morgan fingerprint density at radius 1 is 1.22 bits per heavy atom. The number of likely N-dealkylation sites (tertiary alicyclic amines) is 1. The lowest BCUT2D eigenvalue weighted by Crippen LogP contribution is -2.44. The number of nitrogens with zero attached hydrogens (tertiary/aromatic N) is 1. The van der Waals surface area contributed by atoms with Gasteiger partial charge in [0, 0.05) is 18.6 Å². The monoisotopic (exact) mass is 246 g/mol. The van der Waals surface area contributed by atoms with Crippen LogP contribution < -0.4 is 5.32 Å². The van der Waals surface area contributed by atoms with E-state index in [1.54, 1.807) is 0 Å². The van der Waals surface area contributed by atoms with Crippen molar-refractivity contribution in [1.82, 2.24) is 10.2 Å². The third kappa shape index (κ3) is 3.56. The first kappa shape index (κ1) is 13.6. The molecule has 2 nitrogen and oxygen atoms in total. The summed E-state index contributed by atoms with van der Waals surface area (Å²) in [6, 6.07) is 7.93. The van der Waals surface area contributed by atoms with Crippen molar-refractivity contribution in [3.05, 3.63) is 34.9 Å². The first-order valence-corrected chi connectivity index (χ1v) is 7.07. The number of hydrogen-bond donors (Lipinski definition) is 1. The third-order valence-electron chi connectivity index (χ3n) is 3.85. The molecular weight excluding hydrogens is 220 g/mol. The van der Waals surface area contributed by atoms with E-state index in [1.165, 1.54) is 42.6 Å². The van der Waals surface area contributed by atoms with Crippen molar-refractivity contribution < 1.29 is 0 Å². The molecule has 0 aromatic heterocycles. The Balaban J connectivity index is 2.00. The van der Waals surface area contributed by atoms with Gasteiger partial charge in [-0.15, -0.1) is 0 Å². The highest BCUT2D eigenvalue weighted by Gasteiger charge is 2.19. The van der Waals surface area contributed by atoms with Gasteiger partial charge in [-0.05, 0) is 52.8 Å². The van der Waals surface area contributed by atoms with Crippen LogP contribution in [0.3, 0.4) is 0 Å². The molecule has 1 saturated heterocycles. The fourth-order valence-corrected chi connectivity index (χ4v) is 3.01. The van der Waals surface area contributed by atoms with Crippen molar-refractivity contribution in [3.63, 3.8) is 0 Å². The Bertz CT molecular complexity index is 380. The summed E-state index contributed by atoms with van der Waals surface area (Å²) in [6.45, 7) is 9.06. The molecule has 2 unspecified atom stereocenters. The maximum absolute atomic E-state index is 3.78. The Kier molecular flexibility index (Phi) is 4.41. The molecule has 2 heteroatoms. The zero-order valence-corrected chi connectivity index (χ0v) is 12.2. The maximum atomic E-state index is 3.78. The number of nitrogens with one attached hydrogen (secondary N) is 1. The summed E-state index contributed by atoms with van der Waals surface area (Å²) in [4.78, 5) is 2.43. The summed E-state index contributed by atoms with van der Waals surface area (Å²) < 4.78 is 0. The SMILES string of the molecule is Cc1cc(C)cc(C(C)NC2CCCN(C)C2)c1. The van der Waals surface area contributed by atoms with Gasteiger partial charge in [0.25, 0.3) is 0 Å². The second-order valence-electron chi connectivity index (χ2n) is 5.91. The van der Waals surface area contributed by atoms with E-state index >= 15 is 0 Å². The number of aryl methyl sites for hydroxylation is 2. The quantitative estimate of drug-likeness (QED) is 0.882. The van der Waals surface area contributed by atoms with E-state index in [1.807, 2.05) is 0 Å². The smallest absolute Gasteiger partial charge is 0.0295 e. The van der Waals surface area contributed by atoms with E-state index in [0.29, 0.717) is 12.1 Å². The summed E-state index contributed by atoms with van der Waals surface area (Å²) in [7, 11) is 2.22. The van der Waals surface area contributed by atoms with Crippen molar-refractivity contribution in [2.45, 2.75) is 45.7 Å². The Morgan fingerprint density at radius 3 is 2.50 bits per heavy atom. The van der Waals surface area contributed by atoms with Crippen LogP contribution >= 0.6 is 0 Å². The van der Waals surface area contributed by atoms with Gasteiger partial charge in [0.2, 0.25) is 0 Å². The van der Waals surface area contributed by atoms with Crippen LogP contribution in [0, 0.1) is 13.8 Å². The van der Waals surface area contributed by atoms with Gasteiger partial charge >= 0.3 is 0 Å². The van der Waals surface area contributed by atoms with Gasteiger partial charge in [-0.1, -0.05) is 29.3 Å². The molecule has 1 heterocycles. The molecule has 1 aliphatic heterocycles. The molecule has 18 heavy (non-hydrogen) atoms. The third-order valence-corrected chi connectivity index (χ3v) is 3.85. The van der Waals surface area contributed by atoms with Gasteiger partial charge in [0.1, 0.15) is 0 Å². The molecule has 0 bridgehead atoms. The molecular formula is C16H26N2. The lowest BCUT2D eigenvalue weighted by molar-refractivity contribution is 0.218. The number of rotatable bonds is 3. The summed E-state index contributed by atoms with van der Waals surface area (Å²) in [6.07, 6.45) is 2.62. The van der Waals surface area contributed by atoms with E-state index in [4.69, 9.17) is 0 Å². The van der Waals surface area contributed by atoms with Gasteiger partial charge < -0.3 is 10.2 Å². The van der Waals surface area contributed by atoms with Crippen LogP contribution in [0.5, 0.6) is 0 Å². The largest absolute Gasteiger partial charge is 0.306 e. The summed E-state index contributed by atoms with van der Waals surface area (Å²) in [5, 5.41) is 3.78. The highest BCUT2D eigenvalue weighted by atomic mass is 15.1. The summed E-state index contributed by atoms with van der Waals surface area (Å²) in [5.74, 6) is 0. The Morgan fingerprint density at radius 2 is 1.89 bits per heavy atom. The van der Waals surface area contributed by atoms with E-state index in [2.05, 4.69) is 56.2 Å². The first-order chi connectivity index (χ1) is 8.54. The zero-order chi connectivity index (χ0) is 13.1. The zero-order valence-electron chi connectivity index (χ0n) is 12.2. The van der Waals surface area contributed by atoms with Crippen molar-refractivity contribution >= 4 is 0 Å². The van der Waals surface area contributed by atoms with Crippen LogP contribution in [-0.2, 0) is 0 Å². The van der Waals surface area contributed by atoms with Crippen LogP contribution in [-0.4, -0.2) is 31.1 Å². The van der Waals surface area contributed by atoms with Crippen LogP contribution in [0.15, 0.2) is 18.2 Å². The van der Waals surface area contributed by atoms with E-state index in [-0.39, 0.29) is 0 Å². The molecule has 0 aliphatic carbocycles. The standard InChI is InChI=1S/C16H26N2/c1-12-8-13(2)10-15(9-12)14(3)17-16-6-5-7-18(4)11-16/h8-10,14,16-17H,5-7,11H2,1-4H3. The topological polar surface area (TPSA) is 15.3 Å². The fraction of sp³-hybridized carbons (Fsp3) is 0.625. The highest BCUT2D eigenvalue weighted by Crippen LogP contribution is 2.19. The van der Waals surface area contributed by atoms with Gasteiger partial charge in [0.05, 0.1) is 0 Å². The predicted octanol–water partition coefficient (Wildman–Crippen LogP) is 3.05.